The van der Waals surface area contributed by atoms with Crippen LogP contribution in [0.2, 0.25) is 0 Å². The number of alkyl halides is 1. The summed E-state index contributed by atoms with van der Waals surface area (Å²) in [5.41, 5.74) is 1.08. The van der Waals surface area contributed by atoms with Crippen LogP contribution in [0, 0.1) is 0 Å². The van der Waals surface area contributed by atoms with Crippen molar-refractivity contribution >= 4 is 21.4 Å². The molecule has 1 N–H and O–H groups in total. The Bertz CT molecular complexity index is 466. The van der Waals surface area contributed by atoms with Gasteiger partial charge in [0.05, 0.1) is 6.67 Å². The van der Waals surface area contributed by atoms with Gasteiger partial charge >= 0.3 is 0 Å². The number of benzene rings is 1. The van der Waals surface area contributed by atoms with Crippen molar-refractivity contribution in [2.24, 2.45) is 0 Å². The lowest BCUT2D eigenvalue weighted by Gasteiger charge is -2.21. The predicted molar refractivity (Wildman–Crippen MR) is 69.1 cm³/mol. The van der Waals surface area contributed by atoms with Crippen LogP contribution in [0.1, 0.15) is 18.4 Å². The molecule has 1 nitrogen and oxygen atoms in total. The standard InChI is InChI=1S/C13H16FNS/c1-9(15-2)12(8-14)11-4-3-10-5-6-16-13(10)7-11/h3-7,9,12,15H,8H2,1-2H3. The first-order valence-corrected chi connectivity index (χ1v) is 6.34. The zero-order valence-electron chi connectivity index (χ0n) is 9.53. The maximum Gasteiger partial charge on any atom is 0.0977 e. The molecule has 0 aliphatic carbocycles. The molecule has 0 radical (unpaired) electrons. The normalized spacial score (nSPS) is 15.2. The van der Waals surface area contributed by atoms with E-state index in [1.165, 1.54) is 10.1 Å². The summed E-state index contributed by atoms with van der Waals surface area (Å²) in [6, 6.07) is 8.47. The van der Waals surface area contributed by atoms with Gasteiger partial charge in [0.2, 0.25) is 0 Å². The Kier molecular flexibility index (Phi) is 3.56. The number of hydrogen-bond acceptors (Lipinski definition) is 2. The van der Waals surface area contributed by atoms with Crippen molar-refractivity contribution in [3.63, 3.8) is 0 Å². The van der Waals surface area contributed by atoms with E-state index < -0.39 is 0 Å². The van der Waals surface area contributed by atoms with E-state index in [1.807, 2.05) is 20.0 Å². The minimum absolute atomic E-state index is 0.0588. The van der Waals surface area contributed by atoms with Gasteiger partial charge in [0.25, 0.3) is 0 Å². The molecule has 0 bridgehead atoms. The molecule has 0 amide bonds. The average Bonchev–Trinajstić information content (AvgIpc) is 2.77. The molecule has 2 rings (SSSR count). The highest BCUT2D eigenvalue weighted by Crippen LogP contribution is 2.27. The summed E-state index contributed by atoms with van der Waals surface area (Å²) < 4.78 is 14.3. The zero-order chi connectivity index (χ0) is 11.5. The van der Waals surface area contributed by atoms with Gasteiger partial charge in [0, 0.05) is 16.7 Å². The second kappa shape index (κ2) is 4.93. The van der Waals surface area contributed by atoms with Crippen LogP contribution in [0.25, 0.3) is 10.1 Å². The molecule has 0 spiro atoms. The number of nitrogens with one attached hydrogen (secondary N) is 1. The predicted octanol–water partition coefficient (Wildman–Crippen LogP) is 3.56. The molecule has 2 unspecified atom stereocenters. The molecular weight excluding hydrogens is 221 g/mol. The van der Waals surface area contributed by atoms with Crippen molar-refractivity contribution in [2.75, 3.05) is 13.7 Å². The SMILES string of the molecule is CNC(C)C(CF)c1ccc2ccsc2c1. The fourth-order valence-corrected chi connectivity index (χ4v) is 2.75. The van der Waals surface area contributed by atoms with Crippen LogP contribution in [-0.2, 0) is 0 Å². The van der Waals surface area contributed by atoms with Crippen molar-refractivity contribution in [2.45, 2.75) is 18.9 Å². The maximum atomic E-state index is 13.1. The Morgan fingerprint density at radius 2 is 2.19 bits per heavy atom. The molecular formula is C13H16FNS. The Morgan fingerprint density at radius 1 is 1.38 bits per heavy atom. The van der Waals surface area contributed by atoms with E-state index in [9.17, 15) is 4.39 Å². The molecule has 2 aromatic rings. The number of halogens is 1. The van der Waals surface area contributed by atoms with Crippen LogP contribution in [0.5, 0.6) is 0 Å². The van der Waals surface area contributed by atoms with Gasteiger partial charge in [-0.05, 0) is 42.4 Å². The minimum atomic E-state index is -0.321. The van der Waals surface area contributed by atoms with Crippen LogP contribution in [0.3, 0.4) is 0 Å². The Morgan fingerprint density at radius 3 is 2.88 bits per heavy atom. The smallest absolute Gasteiger partial charge is 0.0977 e. The van der Waals surface area contributed by atoms with Crippen LogP contribution >= 0.6 is 11.3 Å². The summed E-state index contributed by atoms with van der Waals surface area (Å²) in [5, 5.41) is 6.43. The molecule has 0 saturated carbocycles. The molecule has 16 heavy (non-hydrogen) atoms. The van der Waals surface area contributed by atoms with Gasteiger partial charge in [-0.25, -0.2) is 0 Å². The topological polar surface area (TPSA) is 12.0 Å². The molecule has 1 aromatic heterocycles. The number of fused-ring (bicyclic) bond motifs is 1. The van der Waals surface area contributed by atoms with Gasteiger partial charge in [-0.3, -0.25) is 4.39 Å². The van der Waals surface area contributed by atoms with Gasteiger partial charge in [-0.15, -0.1) is 11.3 Å². The van der Waals surface area contributed by atoms with Crippen LogP contribution in [0.4, 0.5) is 4.39 Å². The largest absolute Gasteiger partial charge is 0.317 e. The van der Waals surface area contributed by atoms with Crippen molar-refractivity contribution in [1.29, 1.82) is 0 Å². The highest BCUT2D eigenvalue weighted by molar-refractivity contribution is 7.17. The molecule has 2 atom stereocenters. The van der Waals surface area contributed by atoms with Crippen molar-refractivity contribution in [3.05, 3.63) is 35.2 Å². The lowest BCUT2D eigenvalue weighted by atomic mass is 9.93. The van der Waals surface area contributed by atoms with E-state index in [4.69, 9.17) is 0 Å². The molecule has 0 aliphatic rings. The third kappa shape index (κ3) is 2.11. The molecule has 3 heteroatoms. The summed E-state index contributed by atoms with van der Waals surface area (Å²) in [6.07, 6.45) is 0. The first kappa shape index (κ1) is 11.6. The average molecular weight is 237 g/mol. The summed E-state index contributed by atoms with van der Waals surface area (Å²) in [4.78, 5) is 0. The summed E-state index contributed by atoms with van der Waals surface area (Å²) >= 11 is 1.71. The van der Waals surface area contributed by atoms with E-state index in [-0.39, 0.29) is 18.6 Å². The van der Waals surface area contributed by atoms with Gasteiger partial charge in [0.15, 0.2) is 0 Å². The molecule has 0 fully saturated rings. The number of rotatable bonds is 4. The zero-order valence-corrected chi connectivity index (χ0v) is 10.4. The maximum absolute atomic E-state index is 13.1. The minimum Gasteiger partial charge on any atom is -0.317 e. The summed E-state index contributed by atoms with van der Waals surface area (Å²) in [5.74, 6) is -0.0588. The van der Waals surface area contributed by atoms with Gasteiger partial charge in [0.1, 0.15) is 0 Å². The van der Waals surface area contributed by atoms with Crippen LogP contribution in [-0.4, -0.2) is 19.8 Å². The van der Waals surface area contributed by atoms with Gasteiger partial charge < -0.3 is 5.32 Å². The first-order chi connectivity index (χ1) is 7.76. The van der Waals surface area contributed by atoms with Gasteiger partial charge in [-0.1, -0.05) is 12.1 Å². The monoisotopic (exact) mass is 237 g/mol. The lowest BCUT2D eigenvalue weighted by molar-refractivity contribution is 0.372. The third-order valence-corrected chi connectivity index (χ3v) is 4.01. The fraction of sp³-hybridized carbons (Fsp3) is 0.385. The highest BCUT2D eigenvalue weighted by atomic mass is 32.1. The molecule has 0 saturated heterocycles. The third-order valence-electron chi connectivity index (χ3n) is 3.13. The summed E-state index contributed by atoms with van der Waals surface area (Å²) in [6.45, 7) is 1.70. The highest BCUT2D eigenvalue weighted by Gasteiger charge is 2.18. The Labute approximate surface area is 99.3 Å². The number of likely N-dealkylation sites (N-methyl/N-ethyl adjacent to an activating group) is 1. The number of thiophene rings is 1. The number of hydrogen-bond donors (Lipinski definition) is 1. The molecule has 0 aliphatic heterocycles. The Hall–Kier alpha value is -0.930. The van der Waals surface area contributed by atoms with E-state index in [1.54, 1.807) is 11.3 Å². The lowest BCUT2D eigenvalue weighted by Crippen LogP contribution is -2.30. The van der Waals surface area contributed by atoms with Crippen molar-refractivity contribution in [3.8, 4) is 0 Å². The fourth-order valence-electron chi connectivity index (χ4n) is 1.91. The van der Waals surface area contributed by atoms with E-state index in [0.717, 1.165) is 5.56 Å². The van der Waals surface area contributed by atoms with E-state index in [0.29, 0.717) is 0 Å². The first-order valence-electron chi connectivity index (χ1n) is 5.46. The van der Waals surface area contributed by atoms with Crippen LogP contribution < -0.4 is 5.32 Å². The van der Waals surface area contributed by atoms with E-state index >= 15 is 0 Å². The molecule has 86 valence electrons. The van der Waals surface area contributed by atoms with E-state index in [2.05, 4.69) is 28.9 Å². The Balaban J connectivity index is 2.36. The van der Waals surface area contributed by atoms with Crippen molar-refractivity contribution in [1.82, 2.24) is 5.32 Å². The second-order valence-electron chi connectivity index (χ2n) is 4.06. The van der Waals surface area contributed by atoms with Gasteiger partial charge in [-0.2, -0.15) is 0 Å². The quantitative estimate of drug-likeness (QED) is 0.857. The van der Waals surface area contributed by atoms with Crippen molar-refractivity contribution < 1.29 is 4.39 Å². The van der Waals surface area contributed by atoms with Crippen LogP contribution in [0.15, 0.2) is 29.6 Å². The molecule has 1 aromatic carbocycles. The molecule has 1 heterocycles. The summed E-state index contributed by atoms with van der Waals surface area (Å²) in [7, 11) is 1.87. The second-order valence-corrected chi connectivity index (χ2v) is 5.00.